The number of benzene rings is 1. The van der Waals surface area contributed by atoms with Gasteiger partial charge in [0, 0.05) is 18.0 Å². The minimum atomic E-state index is -1.67. The fourth-order valence-corrected chi connectivity index (χ4v) is 3.90. The number of nitrogens with zero attached hydrogens (tertiary/aromatic N) is 2. The molecule has 2 aromatic rings. The maximum atomic E-state index is 13.1. The molecule has 2 heterocycles. The van der Waals surface area contributed by atoms with Gasteiger partial charge in [-0.3, -0.25) is 14.6 Å². The molecule has 0 bridgehead atoms. The molecular weight excluding hydrogens is 423 g/mol. The quantitative estimate of drug-likeness (QED) is 0.426. The van der Waals surface area contributed by atoms with E-state index in [1.165, 1.54) is 0 Å². The van der Waals surface area contributed by atoms with Gasteiger partial charge in [0.25, 0.3) is 11.8 Å². The number of nitrogens with one attached hydrogen (secondary N) is 2. The van der Waals surface area contributed by atoms with Gasteiger partial charge < -0.3 is 25.5 Å². The van der Waals surface area contributed by atoms with E-state index in [9.17, 15) is 19.6 Å². The van der Waals surface area contributed by atoms with Crippen LogP contribution in [0, 0.1) is 11.8 Å². The SMILES string of the molecule is CC(C)C[C@H](NC(=O)C1CC([C@@H](NC(=O)c2nccc3ccccc23)C(C)C)=NO1)B(O)O. The molecule has 1 aromatic carbocycles. The lowest BCUT2D eigenvalue weighted by Crippen LogP contribution is -2.51. The molecule has 1 aromatic heterocycles. The van der Waals surface area contributed by atoms with Crippen LogP contribution in [0.5, 0.6) is 0 Å². The van der Waals surface area contributed by atoms with Gasteiger partial charge in [0.05, 0.1) is 17.7 Å². The van der Waals surface area contributed by atoms with Gasteiger partial charge in [-0.25, -0.2) is 0 Å². The zero-order chi connectivity index (χ0) is 24.1. The van der Waals surface area contributed by atoms with Crippen molar-refractivity contribution < 1.29 is 24.5 Å². The van der Waals surface area contributed by atoms with Gasteiger partial charge in [0.1, 0.15) is 5.69 Å². The molecule has 1 unspecified atom stereocenters. The summed E-state index contributed by atoms with van der Waals surface area (Å²) in [6, 6.07) is 8.92. The molecule has 176 valence electrons. The van der Waals surface area contributed by atoms with Gasteiger partial charge in [-0.1, -0.05) is 57.1 Å². The van der Waals surface area contributed by atoms with Gasteiger partial charge in [0.2, 0.25) is 6.10 Å². The molecule has 2 amide bonds. The van der Waals surface area contributed by atoms with Gasteiger partial charge in [-0.2, -0.15) is 0 Å². The lowest BCUT2D eigenvalue weighted by atomic mass is 9.75. The number of amides is 2. The van der Waals surface area contributed by atoms with Gasteiger partial charge in [0.15, 0.2) is 0 Å². The molecule has 0 aliphatic carbocycles. The van der Waals surface area contributed by atoms with Gasteiger partial charge in [-0.05, 0) is 29.7 Å². The van der Waals surface area contributed by atoms with E-state index >= 15 is 0 Å². The molecule has 10 heteroatoms. The molecule has 4 N–H and O–H groups in total. The van der Waals surface area contributed by atoms with Crippen LogP contribution in [-0.2, 0) is 9.63 Å². The predicted molar refractivity (Wildman–Crippen MR) is 126 cm³/mol. The van der Waals surface area contributed by atoms with Crippen LogP contribution in [0.25, 0.3) is 10.8 Å². The fourth-order valence-electron chi connectivity index (χ4n) is 3.90. The van der Waals surface area contributed by atoms with Crippen molar-refractivity contribution in [3.8, 4) is 0 Å². The van der Waals surface area contributed by atoms with E-state index in [0.717, 1.165) is 10.8 Å². The lowest BCUT2D eigenvalue weighted by Gasteiger charge is -2.22. The number of carbonyl (C=O) groups excluding carboxylic acids is 2. The molecule has 33 heavy (non-hydrogen) atoms. The summed E-state index contributed by atoms with van der Waals surface area (Å²) in [4.78, 5) is 35.3. The molecule has 0 radical (unpaired) electrons. The van der Waals surface area contributed by atoms with Crippen LogP contribution >= 0.6 is 0 Å². The third-order valence-electron chi connectivity index (χ3n) is 5.60. The number of carbonyl (C=O) groups is 2. The van der Waals surface area contributed by atoms with Crippen LogP contribution < -0.4 is 10.6 Å². The summed E-state index contributed by atoms with van der Waals surface area (Å²) in [6.07, 6.45) is 1.30. The second-order valence-corrected chi connectivity index (χ2v) is 9.11. The number of oxime groups is 1. The summed E-state index contributed by atoms with van der Waals surface area (Å²) >= 11 is 0. The van der Waals surface area contributed by atoms with Crippen molar-refractivity contribution in [3.05, 3.63) is 42.2 Å². The Hall–Kier alpha value is -2.98. The highest BCUT2D eigenvalue weighted by Gasteiger charge is 2.36. The highest BCUT2D eigenvalue weighted by Crippen LogP contribution is 2.20. The van der Waals surface area contributed by atoms with Crippen LogP contribution in [0.15, 0.2) is 41.7 Å². The first-order valence-corrected chi connectivity index (χ1v) is 11.2. The topological polar surface area (TPSA) is 133 Å². The molecule has 0 saturated heterocycles. The van der Waals surface area contributed by atoms with E-state index in [0.29, 0.717) is 17.8 Å². The number of fused-ring (bicyclic) bond motifs is 1. The van der Waals surface area contributed by atoms with Gasteiger partial charge >= 0.3 is 7.12 Å². The number of hydrogen-bond donors (Lipinski definition) is 4. The third kappa shape index (κ3) is 6.08. The van der Waals surface area contributed by atoms with Crippen molar-refractivity contribution in [2.75, 3.05) is 0 Å². The molecule has 1 aliphatic heterocycles. The Labute approximate surface area is 193 Å². The Kier molecular flexibility index (Phi) is 8.04. The van der Waals surface area contributed by atoms with E-state index in [1.54, 1.807) is 6.20 Å². The van der Waals surface area contributed by atoms with E-state index < -0.39 is 31.1 Å². The molecule has 3 rings (SSSR count). The zero-order valence-corrected chi connectivity index (χ0v) is 19.4. The first-order chi connectivity index (χ1) is 15.7. The highest BCUT2D eigenvalue weighted by atomic mass is 16.6. The first kappa shape index (κ1) is 24.7. The number of pyridine rings is 1. The Morgan fingerprint density at radius 2 is 1.88 bits per heavy atom. The van der Waals surface area contributed by atoms with Crippen molar-refractivity contribution in [3.63, 3.8) is 0 Å². The maximum absolute atomic E-state index is 13.1. The summed E-state index contributed by atoms with van der Waals surface area (Å²) in [6.45, 7) is 7.74. The largest absolute Gasteiger partial charge is 0.475 e. The average molecular weight is 454 g/mol. The Morgan fingerprint density at radius 1 is 1.15 bits per heavy atom. The van der Waals surface area contributed by atoms with Crippen molar-refractivity contribution in [1.82, 2.24) is 15.6 Å². The van der Waals surface area contributed by atoms with E-state index in [1.807, 2.05) is 58.0 Å². The average Bonchev–Trinajstić information content (AvgIpc) is 3.25. The minimum absolute atomic E-state index is 0.0129. The molecular formula is C23H31BN4O5. The summed E-state index contributed by atoms with van der Waals surface area (Å²) in [5.41, 5.74) is 0.865. The molecule has 1 aliphatic rings. The van der Waals surface area contributed by atoms with Crippen LogP contribution in [0.1, 0.15) is 51.0 Å². The molecule has 0 spiro atoms. The molecule has 9 nitrogen and oxygen atoms in total. The minimum Gasteiger partial charge on any atom is -0.426 e. The number of rotatable bonds is 9. The normalized spacial score (nSPS) is 17.5. The third-order valence-corrected chi connectivity index (χ3v) is 5.60. The van der Waals surface area contributed by atoms with Crippen LogP contribution in [-0.4, -0.2) is 57.8 Å². The van der Waals surface area contributed by atoms with Crippen molar-refractivity contribution in [1.29, 1.82) is 0 Å². The second kappa shape index (κ2) is 10.8. The smallest absolute Gasteiger partial charge is 0.426 e. The summed E-state index contributed by atoms with van der Waals surface area (Å²) in [7, 11) is -1.67. The summed E-state index contributed by atoms with van der Waals surface area (Å²) < 4.78 is 0. The Morgan fingerprint density at radius 3 is 2.55 bits per heavy atom. The summed E-state index contributed by atoms with van der Waals surface area (Å²) in [5, 5.41) is 30.5. The van der Waals surface area contributed by atoms with Crippen molar-refractivity contribution in [2.24, 2.45) is 17.0 Å². The van der Waals surface area contributed by atoms with Crippen LogP contribution in [0.3, 0.4) is 0 Å². The van der Waals surface area contributed by atoms with Crippen molar-refractivity contribution in [2.45, 2.75) is 58.6 Å². The van der Waals surface area contributed by atoms with Crippen molar-refractivity contribution >= 4 is 35.4 Å². The maximum Gasteiger partial charge on any atom is 0.475 e. The van der Waals surface area contributed by atoms with Crippen LogP contribution in [0.2, 0.25) is 0 Å². The highest BCUT2D eigenvalue weighted by molar-refractivity contribution is 6.43. The van der Waals surface area contributed by atoms with E-state index in [4.69, 9.17) is 4.84 Å². The Balaban J connectivity index is 1.68. The van der Waals surface area contributed by atoms with Gasteiger partial charge in [-0.15, -0.1) is 0 Å². The Bertz CT molecular complexity index is 1020. The number of hydrogen-bond acceptors (Lipinski definition) is 7. The van der Waals surface area contributed by atoms with Crippen LogP contribution in [0.4, 0.5) is 0 Å². The van der Waals surface area contributed by atoms with E-state index in [2.05, 4.69) is 20.8 Å². The lowest BCUT2D eigenvalue weighted by molar-refractivity contribution is -0.131. The first-order valence-electron chi connectivity index (χ1n) is 11.2. The monoisotopic (exact) mass is 454 g/mol. The standard InChI is InChI=1S/C23H31BN4O5/c1-13(2)11-19(24(31)32)26-22(29)18-12-17(28-33-18)20(14(3)4)27-23(30)21-16-8-6-5-7-15(16)9-10-25-21/h5-10,13-14,18-20,31-32H,11-12H2,1-4H3,(H,26,29)(H,27,30)/t18?,19-,20-/m0/s1. The second-order valence-electron chi connectivity index (χ2n) is 9.11. The summed E-state index contributed by atoms with van der Waals surface area (Å²) in [5.74, 6) is -1.46. The fraction of sp³-hybridized carbons (Fsp3) is 0.478. The molecule has 0 fully saturated rings. The number of aromatic nitrogens is 1. The zero-order valence-electron chi connectivity index (χ0n) is 19.4. The predicted octanol–water partition coefficient (Wildman–Crippen LogP) is 1.68. The van der Waals surface area contributed by atoms with E-state index in [-0.39, 0.29) is 24.2 Å². The molecule has 3 atom stereocenters. The molecule has 0 saturated carbocycles.